The van der Waals surface area contributed by atoms with E-state index in [1.165, 1.54) is 5.56 Å². The quantitative estimate of drug-likeness (QED) is 0.729. The minimum atomic E-state index is 0.0214. The molecule has 0 aliphatic rings. The number of aliphatic hydroxyl groups is 1. The number of hydrogen-bond donors (Lipinski definition) is 2. The average molecular weight is 278 g/mol. The SMILES string of the molecule is CCC(CC)(CO)CNCC(c1ccccc1)N(C)C. The van der Waals surface area contributed by atoms with Crippen molar-refractivity contribution in [3.05, 3.63) is 35.9 Å². The van der Waals surface area contributed by atoms with E-state index in [-0.39, 0.29) is 12.0 Å². The normalized spacial score (nSPS) is 13.7. The molecule has 1 unspecified atom stereocenters. The van der Waals surface area contributed by atoms with E-state index in [0.717, 1.165) is 25.9 Å². The predicted octanol–water partition coefficient (Wildman–Crippen LogP) is 2.68. The molecule has 0 bridgehead atoms. The van der Waals surface area contributed by atoms with E-state index in [1.807, 2.05) is 0 Å². The van der Waals surface area contributed by atoms with Gasteiger partial charge in [0.15, 0.2) is 0 Å². The molecule has 3 nitrogen and oxygen atoms in total. The maximum absolute atomic E-state index is 9.62. The van der Waals surface area contributed by atoms with Crippen molar-refractivity contribution in [2.24, 2.45) is 5.41 Å². The van der Waals surface area contributed by atoms with Crippen LogP contribution in [0.4, 0.5) is 0 Å². The Kier molecular flexibility index (Phi) is 7.20. The summed E-state index contributed by atoms with van der Waals surface area (Å²) >= 11 is 0. The molecule has 1 aromatic rings. The first-order valence-electron chi connectivity index (χ1n) is 7.61. The molecule has 0 aromatic heterocycles. The lowest BCUT2D eigenvalue weighted by Crippen LogP contribution is -2.40. The van der Waals surface area contributed by atoms with Gasteiger partial charge >= 0.3 is 0 Å². The van der Waals surface area contributed by atoms with Gasteiger partial charge in [0.25, 0.3) is 0 Å². The van der Waals surface area contributed by atoms with Gasteiger partial charge in [-0.3, -0.25) is 0 Å². The monoisotopic (exact) mass is 278 g/mol. The molecule has 0 aliphatic carbocycles. The van der Waals surface area contributed by atoms with E-state index in [9.17, 15) is 5.11 Å². The molecule has 3 heteroatoms. The van der Waals surface area contributed by atoms with Gasteiger partial charge in [-0.25, -0.2) is 0 Å². The Morgan fingerprint density at radius 3 is 2.20 bits per heavy atom. The van der Waals surface area contributed by atoms with Gasteiger partial charge in [-0.15, -0.1) is 0 Å². The van der Waals surface area contributed by atoms with Crippen molar-refractivity contribution in [3.8, 4) is 0 Å². The van der Waals surface area contributed by atoms with Crippen LogP contribution in [-0.2, 0) is 0 Å². The van der Waals surface area contributed by atoms with Crippen molar-refractivity contribution in [2.75, 3.05) is 33.8 Å². The van der Waals surface area contributed by atoms with Gasteiger partial charge in [-0.1, -0.05) is 44.2 Å². The third kappa shape index (κ3) is 4.58. The van der Waals surface area contributed by atoms with Crippen molar-refractivity contribution >= 4 is 0 Å². The highest BCUT2D eigenvalue weighted by Crippen LogP contribution is 2.25. The van der Waals surface area contributed by atoms with Crippen LogP contribution in [0.3, 0.4) is 0 Å². The Labute approximate surface area is 124 Å². The molecule has 1 rings (SSSR count). The lowest BCUT2D eigenvalue weighted by Gasteiger charge is -2.32. The molecule has 0 fully saturated rings. The molecule has 2 N–H and O–H groups in total. The van der Waals surface area contributed by atoms with Gasteiger partial charge in [0.2, 0.25) is 0 Å². The summed E-state index contributed by atoms with van der Waals surface area (Å²) in [5.74, 6) is 0. The van der Waals surface area contributed by atoms with Crippen molar-refractivity contribution in [3.63, 3.8) is 0 Å². The molecular weight excluding hydrogens is 248 g/mol. The molecule has 0 amide bonds. The van der Waals surface area contributed by atoms with Crippen LogP contribution in [0.1, 0.15) is 38.3 Å². The highest BCUT2D eigenvalue weighted by molar-refractivity contribution is 5.19. The van der Waals surface area contributed by atoms with Gasteiger partial charge in [0, 0.05) is 31.2 Å². The lowest BCUT2D eigenvalue weighted by atomic mass is 9.83. The molecule has 1 atom stereocenters. The molecule has 0 aliphatic heterocycles. The second-order valence-corrected chi connectivity index (χ2v) is 5.89. The zero-order valence-electron chi connectivity index (χ0n) is 13.4. The van der Waals surface area contributed by atoms with E-state index in [1.54, 1.807) is 0 Å². The minimum absolute atomic E-state index is 0.0214. The Morgan fingerprint density at radius 2 is 1.75 bits per heavy atom. The van der Waals surface area contributed by atoms with E-state index in [0.29, 0.717) is 6.04 Å². The molecule has 0 heterocycles. The van der Waals surface area contributed by atoms with Gasteiger partial charge in [-0.05, 0) is 32.5 Å². The zero-order chi connectivity index (χ0) is 15.0. The maximum atomic E-state index is 9.62. The van der Waals surface area contributed by atoms with E-state index >= 15 is 0 Å². The topological polar surface area (TPSA) is 35.5 Å². The molecule has 1 aromatic carbocycles. The van der Waals surface area contributed by atoms with Crippen LogP contribution in [-0.4, -0.2) is 43.8 Å². The number of hydrogen-bond acceptors (Lipinski definition) is 3. The lowest BCUT2D eigenvalue weighted by molar-refractivity contribution is 0.110. The molecule has 114 valence electrons. The summed E-state index contributed by atoms with van der Waals surface area (Å²) in [6, 6.07) is 10.9. The molecule has 20 heavy (non-hydrogen) atoms. The second-order valence-electron chi connectivity index (χ2n) is 5.89. The van der Waals surface area contributed by atoms with Crippen LogP contribution in [0.2, 0.25) is 0 Å². The predicted molar refractivity (Wildman–Crippen MR) is 85.8 cm³/mol. The summed E-state index contributed by atoms with van der Waals surface area (Å²) in [6.45, 7) is 6.33. The fraction of sp³-hybridized carbons (Fsp3) is 0.647. The Morgan fingerprint density at radius 1 is 1.15 bits per heavy atom. The number of likely N-dealkylation sites (N-methyl/N-ethyl adjacent to an activating group) is 1. The van der Waals surface area contributed by atoms with Crippen molar-refractivity contribution < 1.29 is 5.11 Å². The van der Waals surface area contributed by atoms with Crippen molar-refractivity contribution in [1.29, 1.82) is 0 Å². The number of nitrogens with zero attached hydrogens (tertiary/aromatic N) is 1. The third-order valence-corrected chi connectivity index (χ3v) is 4.48. The number of rotatable bonds is 9. The van der Waals surface area contributed by atoms with Gasteiger partial charge < -0.3 is 15.3 Å². The fourth-order valence-corrected chi connectivity index (χ4v) is 2.53. The van der Waals surface area contributed by atoms with Gasteiger partial charge in [0.1, 0.15) is 0 Å². The Hall–Kier alpha value is -0.900. The summed E-state index contributed by atoms with van der Waals surface area (Å²) in [6.07, 6.45) is 2.01. The van der Waals surface area contributed by atoms with Crippen LogP contribution in [0.15, 0.2) is 30.3 Å². The van der Waals surface area contributed by atoms with Crippen LogP contribution in [0.5, 0.6) is 0 Å². The van der Waals surface area contributed by atoms with Gasteiger partial charge in [-0.2, -0.15) is 0 Å². The second kappa shape index (κ2) is 8.40. The van der Waals surface area contributed by atoms with Crippen LogP contribution in [0, 0.1) is 5.41 Å². The summed E-state index contributed by atoms with van der Waals surface area (Å²) in [5.41, 5.74) is 1.35. The number of benzene rings is 1. The molecule has 0 radical (unpaired) electrons. The van der Waals surface area contributed by atoms with Crippen molar-refractivity contribution in [1.82, 2.24) is 10.2 Å². The van der Waals surface area contributed by atoms with Crippen molar-refractivity contribution in [2.45, 2.75) is 32.7 Å². The van der Waals surface area contributed by atoms with Gasteiger partial charge in [0.05, 0.1) is 0 Å². The maximum Gasteiger partial charge on any atom is 0.0499 e. The standard InChI is InChI=1S/C17H30N2O/c1-5-17(6-2,14-20)13-18-12-16(19(3)4)15-10-8-7-9-11-15/h7-11,16,18,20H,5-6,12-14H2,1-4H3. The molecule has 0 saturated heterocycles. The largest absolute Gasteiger partial charge is 0.396 e. The molecule has 0 saturated carbocycles. The first-order valence-corrected chi connectivity index (χ1v) is 7.61. The summed E-state index contributed by atoms with van der Waals surface area (Å²) in [4.78, 5) is 2.24. The summed E-state index contributed by atoms with van der Waals surface area (Å²) in [5, 5.41) is 13.2. The Balaban J connectivity index is 2.61. The molecular formula is C17H30N2O. The summed E-state index contributed by atoms with van der Waals surface area (Å²) in [7, 11) is 4.22. The fourth-order valence-electron chi connectivity index (χ4n) is 2.53. The number of nitrogens with one attached hydrogen (secondary N) is 1. The molecule has 0 spiro atoms. The first kappa shape index (κ1) is 17.2. The highest BCUT2D eigenvalue weighted by atomic mass is 16.3. The zero-order valence-corrected chi connectivity index (χ0v) is 13.4. The van der Waals surface area contributed by atoms with Crippen LogP contribution >= 0.6 is 0 Å². The van der Waals surface area contributed by atoms with Crippen LogP contribution < -0.4 is 5.32 Å². The Bertz CT molecular complexity index is 352. The van der Waals surface area contributed by atoms with E-state index in [4.69, 9.17) is 0 Å². The van der Waals surface area contributed by atoms with E-state index < -0.39 is 0 Å². The third-order valence-electron chi connectivity index (χ3n) is 4.48. The highest BCUT2D eigenvalue weighted by Gasteiger charge is 2.25. The smallest absolute Gasteiger partial charge is 0.0499 e. The average Bonchev–Trinajstić information content (AvgIpc) is 2.49. The summed E-state index contributed by atoms with van der Waals surface area (Å²) < 4.78 is 0. The van der Waals surface area contributed by atoms with Crippen LogP contribution in [0.25, 0.3) is 0 Å². The number of aliphatic hydroxyl groups excluding tert-OH is 1. The van der Waals surface area contributed by atoms with E-state index in [2.05, 4.69) is 68.5 Å². The first-order chi connectivity index (χ1) is 9.58. The minimum Gasteiger partial charge on any atom is -0.396 e.